The van der Waals surface area contributed by atoms with E-state index < -0.39 is 12.6 Å². The normalized spacial score (nSPS) is 15.3. The average Bonchev–Trinajstić information content (AvgIpc) is 2.53. The van der Waals surface area contributed by atoms with Crippen LogP contribution in [0, 0.1) is 0 Å². The van der Waals surface area contributed by atoms with Gasteiger partial charge in [0.1, 0.15) is 5.75 Å². The Morgan fingerprint density at radius 1 is 1.32 bits per heavy atom. The zero-order valence-electron chi connectivity index (χ0n) is 12.7. The topological polar surface area (TPSA) is 92.9 Å². The molecule has 0 heterocycles. The maximum atomic E-state index is 12.6. The van der Waals surface area contributed by atoms with Crippen LogP contribution in [0.3, 0.4) is 0 Å². The summed E-state index contributed by atoms with van der Waals surface area (Å²) >= 11 is 0. The number of hydrogen-bond acceptors (Lipinski definition) is 4. The molecule has 0 saturated heterocycles. The van der Waals surface area contributed by atoms with Crippen LogP contribution in [0.5, 0.6) is 5.75 Å². The Bertz CT molecular complexity index is 553. The fourth-order valence-electron chi connectivity index (χ4n) is 2.82. The molecule has 3 N–H and O–H groups in total. The van der Waals surface area contributed by atoms with Crippen LogP contribution in [0.1, 0.15) is 42.5 Å². The van der Waals surface area contributed by atoms with Crippen molar-refractivity contribution < 1.29 is 19.4 Å². The van der Waals surface area contributed by atoms with Crippen molar-refractivity contribution >= 4 is 17.6 Å². The second-order valence-corrected chi connectivity index (χ2v) is 5.61. The number of nitrogens with zero attached hydrogens (tertiary/aromatic N) is 1. The molecule has 6 nitrogen and oxygen atoms in total. The van der Waals surface area contributed by atoms with Gasteiger partial charge in [-0.3, -0.25) is 4.79 Å². The Morgan fingerprint density at radius 2 is 2.00 bits per heavy atom. The predicted octanol–water partition coefficient (Wildman–Crippen LogP) is 2.14. The minimum atomic E-state index is -1.09. The number of hydrogen-bond donors (Lipinski definition) is 2. The molecule has 0 aliphatic heterocycles. The summed E-state index contributed by atoms with van der Waals surface area (Å²) < 4.78 is 5.12. The third-order valence-electron chi connectivity index (χ3n) is 4.09. The molecular formula is C16H22N2O4. The summed E-state index contributed by atoms with van der Waals surface area (Å²) in [5, 5.41) is 8.66. The highest BCUT2D eigenvalue weighted by Crippen LogP contribution is 2.28. The van der Waals surface area contributed by atoms with Crippen molar-refractivity contribution in [2.24, 2.45) is 0 Å². The molecule has 1 saturated carbocycles. The summed E-state index contributed by atoms with van der Waals surface area (Å²) in [6.45, 7) is -0.486. The number of benzene rings is 1. The smallest absolute Gasteiger partial charge is 0.341 e. The molecule has 0 unspecified atom stereocenters. The molecule has 0 atom stereocenters. The van der Waals surface area contributed by atoms with Gasteiger partial charge in [-0.2, -0.15) is 0 Å². The summed E-state index contributed by atoms with van der Waals surface area (Å²) in [5.41, 5.74) is 6.52. The van der Waals surface area contributed by atoms with Crippen LogP contribution in [0.15, 0.2) is 18.2 Å². The van der Waals surface area contributed by atoms with E-state index in [-0.39, 0.29) is 23.4 Å². The summed E-state index contributed by atoms with van der Waals surface area (Å²) in [7, 11) is 1.79. The van der Waals surface area contributed by atoms with Crippen molar-refractivity contribution in [3.05, 3.63) is 23.8 Å². The molecule has 0 aromatic heterocycles. The van der Waals surface area contributed by atoms with E-state index in [1.807, 2.05) is 0 Å². The number of aliphatic carboxylic acids is 1. The molecule has 120 valence electrons. The molecule has 1 amide bonds. The van der Waals surface area contributed by atoms with Gasteiger partial charge in [-0.15, -0.1) is 0 Å². The van der Waals surface area contributed by atoms with Gasteiger partial charge in [-0.1, -0.05) is 25.3 Å². The van der Waals surface area contributed by atoms with Crippen molar-refractivity contribution in [3.63, 3.8) is 0 Å². The average molecular weight is 306 g/mol. The van der Waals surface area contributed by atoms with Gasteiger partial charge in [0.25, 0.3) is 5.91 Å². The van der Waals surface area contributed by atoms with Crippen molar-refractivity contribution in [2.45, 2.75) is 38.1 Å². The second-order valence-electron chi connectivity index (χ2n) is 5.61. The van der Waals surface area contributed by atoms with Gasteiger partial charge in [0.15, 0.2) is 6.61 Å². The number of rotatable bonds is 5. The monoisotopic (exact) mass is 306 g/mol. The SMILES string of the molecule is CN(C(=O)c1cccc(OCC(=O)O)c1N)C1CCCCC1. The summed E-state index contributed by atoms with van der Waals surface area (Å²) in [6, 6.07) is 5.10. The minimum Gasteiger partial charge on any atom is -0.480 e. The highest BCUT2D eigenvalue weighted by molar-refractivity contribution is 6.00. The minimum absolute atomic E-state index is 0.148. The number of carbonyl (C=O) groups excluding carboxylic acids is 1. The number of ether oxygens (including phenoxy) is 1. The lowest BCUT2D eigenvalue weighted by atomic mass is 9.94. The molecule has 1 aliphatic rings. The van der Waals surface area contributed by atoms with Crippen molar-refractivity contribution in [1.29, 1.82) is 0 Å². The molecule has 0 bridgehead atoms. The van der Waals surface area contributed by atoms with Crippen molar-refractivity contribution in [2.75, 3.05) is 19.4 Å². The van der Waals surface area contributed by atoms with Gasteiger partial charge in [-0.25, -0.2) is 4.79 Å². The van der Waals surface area contributed by atoms with Gasteiger partial charge in [0.2, 0.25) is 0 Å². The highest BCUT2D eigenvalue weighted by Gasteiger charge is 2.25. The lowest BCUT2D eigenvalue weighted by Gasteiger charge is -2.31. The van der Waals surface area contributed by atoms with Crippen molar-refractivity contribution in [3.8, 4) is 5.75 Å². The van der Waals surface area contributed by atoms with Crippen LogP contribution >= 0.6 is 0 Å². The molecule has 0 radical (unpaired) electrons. The third-order valence-corrected chi connectivity index (χ3v) is 4.09. The Morgan fingerprint density at radius 3 is 2.64 bits per heavy atom. The zero-order chi connectivity index (χ0) is 16.1. The van der Waals surface area contributed by atoms with E-state index >= 15 is 0 Å². The van der Waals surface area contributed by atoms with E-state index in [1.54, 1.807) is 30.1 Å². The van der Waals surface area contributed by atoms with E-state index in [2.05, 4.69) is 0 Å². The Labute approximate surface area is 129 Å². The number of carbonyl (C=O) groups is 2. The summed E-state index contributed by atoms with van der Waals surface area (Å²) in [6.07, 6.45) is 5.52. The molecular weight excluding hydrogens is 284 g/mol. The number of carboxylic acid groups (broad SMARTS) is 1. The first kappa shape index (κ1) is 16.1. The molecule has 2 rings (SSSR count). The fourth-order valence-corrected chi connectivity index (χ4v) is 2.82. The zero-order valence-corrected chi connectivity index (χ0v) is 12.7. The fraction of sp³-hybridized carbons (Fsp3) is 0.500. The van der Waals surface area contributed by atoms with Gasteiger partial charge >= 0.3 is 5.97 Å². The molecule has 22 heavy (non-hydrogen) atoms. The molecule has 0 spiro atoms. The Kier molecular flexibility index (Phi) is 5.25. The van der Waals surface area contributed by atoms with Crippen LogP contribution in [-0.4, -0.2) is 41.6 Å². The summed E-state index contributed by atoms with van der Waals surface area (Å²) in [5.74, 6) is -1.01. The maximum Gasteiger partial charge on any atom is 0.341 e. The van der Waals surface area contributed by atoms with Gasteiger partial charge < -0.3 is 20.5 Å². The van der Waals surface area contributed by atoms with Crippen LogP contribution in [0.25, 0.3) is 0 Å². The lowest BCUT2D eigenvalue weighted by molar-refractivity contribution is -0.139. The lowest BCUT2D eigenvalue weighted by Crippen LogP contribution is -2.38. The molecule has 1 aromatic carbocycles. The van der Waals surface area contributed by atoms with Gasteiger partial charge in [-0.05, 0) is 25.0 Å². The van der Waals surface area contributed by atoms with E-state index in [0.29, 0.717) is 5.56 Å². The van der Waals surface area contributed by atoms with Crippen LogP contribution in [0.4, 0.5) is 5.69 Å². The standard InChI is InChI=1S/C16H22N2O4/c1-18(11-6-3-2-4-7-11)16(21)12-8-5-9-13(15(12)17)22-10-14(19)20/h5,8-9,11H,2-4,6-7,10,17H2,1H3,(H,19,20). The quantitative estimate of drug-likeness (QED) is 0.813. The number of nitrogen functional groups attached to an aromatic ring is 1. The first-order chi connectivity index (χ1) is 10.5. The van der Waals surface area contributed by atoms with Crippen LogP contribution in [-0.2, 0) is 4.79 Å². The van der Waals surface area contributed by atoms with E-state index in [0.717, 1.165) is 25.7 Å². The summed E-state index contributed by atoms with van der Waals surface area (Å²) in [4.78, 5) is 24.9. The van der Waals surface area contributed by atoms with E-state index in [1.165, 1.54) is 6.42 Å². The van der Waals surface area contributed by atoms with E-state index in [4.69, 9.17) is 15.6 Å². The molecule has 1 aromatic rings. The molecule has 1 aliphatic carbocycles. The number of nitrogens with two attached hydrogens (primary N) is 1. The first-order valence-corrected chi connectivity index (χ1v) is 7.51. The first-order valence-electron chi connectivity index (χ1n) is 7.51. The second kappa shape index (κ2) is 7.15. The number of para-hydroxylation sites is 1. The maximum absolute atomic E-state index is 12.6. The number of anilines is 1. The Balaban J connectivity index is 2.14. The van der Waals surface area contributed by atoms with Crippen LogP contribution in [0.2, 0.25) is 0 Å². The molecule has 1 fully saturated rings. The van der Waals surface area contributed by atoms with Gasteiger partial charge in [0.05, 0.1) is 11.3 Å². The van der Waals surface area contributed by atoms with Crippen molar-refractivity contribution in [1.82, 2.24) is 4.90 Å². The van der Waals surface area contributed by atoms with Gasteiger partial charge in [0, 0.05) is 13.1 Å². The van der Waals surface area contributed by atoms with Crippen LogP contribution < -0.4 is 10.5 Å². The molecule has 6 heteroatoms. The Hall–Kier alpha value is -2.24. The van der Waals surface area contributed by atoms with E-state index in [9.17, 15) is 9.59 Å². The number of amides is 1. The largest absolute Gasteiger partial charge is 0.480 e. The highest BCUT2D eigenvalue weighted by atomic mass is 16.5. The third kappa shape index (κ3) is 3.69. The predicted molar refractivity (Wildman–Crippen MR) is 83.0 cm³/mol. The number of carboxylic acids is 1.